The maximum Gasteiger partial charge on any atom is 0.223 e. The molecule has 0 saturated carbocycles. The molecule has 1 aromatic carbocycles. The van der Waals surface area contributed by atoms with Gasteiger partial charge in [0.25, 0.3) is 0 Å². The van der Waals surface area contributed by atoms with E-state index in [1.165, 1.54) is 0 Å². The van der Waals surface area contributed by atoms with Crippen LogP contribution in [0.4, 0.5) is 5.69 Å². The largest absolute Gasteiger partial charge is 0.352 e. The van der Waals surface area contributed by atoms with Crippen LogP contribution in [0.5, 0.6) is 0 Å². The van der Waals surface area contributed by atoms with Crippen LogP contribution in [0.3, 0.4) is 0 Å². The summed E-state index contributed by atoms with van der Waals surface area (Å²) in [6, 6.07) is 5.60. The van der Waals surface area contributed by atoms with Crippen molar-refractivity contribution in [3.05, 3.63) is 27.1 Å². The predicted octanol–water partition coefficient (Wildman–Crippen LogP) is 2.37. The summed E-state index contributed by atoms with van der Waals surface area (Å²) in [5.74, 6) is 0.475. The lowest BCUT2D eigenvalue weighted by Gasteiger charge is -2.19. The van der Waals surface area contributed by atoms with Crippen LogP contribution in [0.15, 0.2) is 32.1 Å². The monoisotopic (exact) mass is 333 g/mol. The van der Waals surface area contributed by atoms with Crippen molar-refractivity contribution in [3.63, 3.8) is 0 Å². The molecule has 80 valence electrons. The Morgan fingerprint density at radius 2 is 2.00 bits per heavy atom. The third-order valence-corrected chi connectivity index (χ3v) is 3.29. The molecule has 4 nitrogen and oxygen atoms in total. The summed E-state index contributed by atoms with van der Waals surface area (Å²) in [5, 5.41) is 14.0. The molecular weight excluding hydrogens is 326 g/mol. The minimum atomic E-state index is 0.475. The van der Waals surface area contributed by atoms with E-state index >= 15 is 0 Å². The maximum atomic E-state index is 9.96. The van der Waals surface area contributed by atoms with Crippen LogP contribution >= 0.6 is 31.9 Å². The first-order chi connectivity index (χ1) is 7.20. The van der Waals surface area contributed by atoms with Gasteiger partial charge in [0.05, 0.1) is 6.54 Å². The van der Waals surface area contributed by atoms with Crippen molar-refractivity contribution in [2.75, 3.05) is 18.2 Å². The van der Waals surface area contributed by atoms with Crippen LogP contribution in [0.2, 0.25) is 0 Å². The molecular formula is C9H9Br2N3O. The van der Waals surface area contributed by atoms with Crippen molar-refractivity contribution < 1.29 is 5.21 Å². The molecule has 0 spiro atoms. The van der Waals surface area contributed by atoms with Crippen molar-refractivity contribution >= 4 is 43.5 Å². The predicted molar refractivity (Wildman–Crippen MR) is 66.4 cm³/mol. The lowest BCUT2D eigenvalue weighted by Crippen LogP contribution is -2.36. The van der Waals surface area contributed by atoms with Crippen molar-refractivity contribution in [2.24, 2.45) is 4.99 Å². The highest BCUT2D eigenvalue weighted by Gasteiger charge is 2.18. The summed E-state index contributed by atoms with van der Waals surface area (Å²) in [4.78, 5) is 4.13. The van der Waals surface area contributed by atoms with E-state index in [2.05, 4.69) is 42.2 Å². The molecule has 1 aliphatic rings. The standard InChI is InChI=1S/C9H9Br2N3O/c10-6-2-1-3-7(11)8(6)14(15)9-12-4-5-13-9/h1-3,15H,4-5H2,(H,12,13). The smallest absolute Gasteiger partial charge is 0.223 e. The number of para-hydroxylation sites is 1. The van der Waals surface area contributed by atoms with Gasteiger partial charge in [-0.25, -0.2) is 4.99 Å². The average molecular weight is 335 g/mol. The molecule has 1 heterocycles. The number of nitrogens with one attached hydrogen (secondary N) is 1. The third-order valence-electron chi connectivity index (χ3n) is 2.01. The number of nitrogens with zero attached hydrogens (tertiary/aromatic N) is 2. The molecule has 2 N–H and O–H groups in total. The van der Waals surface area contributed by atoms with Gasteiger partial charge in [0, 0.05) is 15.5 Å². The molecule has 2 rings (SSSR count). The Labute approximate surface area is 104 Å². The lowest BCUT2D eigenvalue weighted by molar-refractivity contribution is 0.308. The molecule has 0 fully saturated rings. The minimum Gasteiger partial charge on any atom is -0.352 e. The first kappa shape index (κ1) is 10.9. The minimum absolute atomic E-state index is 0.475. The Morgan fingerprint density at radius 3 is 2.53 bits per heavy atom. The second-order valence-corrected chi connectivity index (χ2v) is 4.72. The lowest BCUT2D eigenvalue weighted by atomic mass is 10.3. The number of aliphatic imine (C=N–C) groups is 1. The van der Waals surface area contributed by atoms with Gasteiger partial charge < -0.3 is 5.32 Å². The number of hydroxylamine groups is 1. The molecule has 0 aromatic heterocycles. The van der Waals surface area contributed by atoms with Gasteiger partial charge in [-0.05, 0) is 44.0 Å². The summed E-state index contributed by atoms with van der Waals surface area (Å²) in [7, 11) is 0. The quantitative estimate of drug-likeness (QED) is 0.775. The van der Waals surface area contributed by atoms with Gasteiger partial charge in [0.1, 0.15) is 5.69 Å². The third kappa shape index (κ3) is 2.16. The molecule has 1 aliphatic heterocycles. The van der Waals surface area contributed by atoms with E-state index in [-0.39, 0.29) is 0 Å². The molecule has 0 radical (unpaired) electrons. The number of benzene rings is 1. The summed E-state index contributed by atoms with van der Waals surface area (Å²) >= 11 is 6.76. The molecule has 15 heavy (non-hydrogen) atoms. The van der Waals surface area contributed by atoms with E-state index in [1.54, 1.807) is 0 Å². The highest BCUT2D eigenvalue weighted by molar-refractivity contribution is 9.11. The summed E-state index contributed by atoms with van der Waals surface area (Å²) in [6.45, 7) is 1.45. The van der Waals surface area contributed by atoms with Gasteiger partial charge in [-0.2, -0.15) is 5.06 Å². The van der Waals surface area contributed by atoms with Gasteiger partial charge in [-0.3, -0.25) is 5.21 Å². The fourth-order valence-electron chi connectivity index (χ4n) is 1.32. The molecule has 0 bridgehead atoms. The zero-order valence-electron chi connectivity index (χ0n) is 7.74. The van der Waals surface area contributed by atoms with Crippen molar-refractivity contribution in [1.29, 1.82) is 0 Å². The zero-order chi connectivity index (χ0) is 10.8. The molecule has 6 heteroatoms. The number of rotatable bonds is 1. The van der Waals surface area contributed by atoms with E-state index in [9.17, 15) is 5.21 Å². The first-order valence-corrected chi connectivity index (χ1v) is 6.00. The number of halogens is 2. The van der Waals surface area contributed by atoms with Gasteiger partial charge in [0.15, 0.2) is 0 Å². The molecule has 1 aromatic rings. The SMILES string of the molecule is ON(C1=NCCN1)c1c(Br)cccc1Br. The molecule has 0 unspecified atom stereocenters. The highest BCUT2D eigenvalue weighted by Crippen LogP contribution is 2.33. The first-order valence-electron chi connectivity index (χ1n) is 4.41. The van der Waals surface area contributed by atoms with Gasteiger partial charge in [0.2, 0.25) is 5.96 Å². The Morgan fingerprint density at radius 1 is 1.33 bits per heavy atom. The fourth-order valence-corrected chi connectivity index (χ4v) is 2.66. The van der Waals surface area contributed by atoms with Crippen molar-refractivity contribution in [1.82, 2.24) is 5.32 Å². The maximum absolute atomic E-state index is 9.96. The van der Waals surface area contributed by atoms with E-state index in [4.69, 9.17) is 0 Å². The average Bonchev–Trinajstić information content (AvgIpc) is 2.69. The van der Waals surface area contributed by atoms with E-state index in [1.807, 2.05) is 18.2 Å². The van der Waals surface area contributed by atoms with Crippen molar-refractivity contribution in [3.8, 4) is 0 Å². The Balaban J connectivity index is 2.36. The zero-order valence-corrected chi connectivity index (χ0v) is 10.9. The van der Waals surface area contributed by atoms with Crippen molar-refractivity contribution in [2.45, 2.75) is 0 Å². The molecule has 0 amide bonds. The van der Waals surface area contributed by atoms with Crippen LogP contribution in [0, 0.1) is 0 Å². The fraction of sp³-hybridized carbons (Fsp3) is 0.222. The Kier molecular flexibility index (Phi) is 3.28. The topological polar surface area (TPSA) is 47.9 Å². The summed E-state index contributed by atoms with van der Waals surface area (Å²) in [5.41, 5.74) is 0.644. The van der Waals surface area contributed by atoms with E-state index in [0.717, 1.165) is 20.6 Å². The number of hydrogen-bond donors (Lipinski definition) is 2. The second-order valence-electron chi connectivity index (χ2n) is 3.01. The Bertz CT molecular complexity index is 388. The second kappa shape index (κ2) is 4.51. The summed E-state index contributed by atoms with van der Waals surface area (Å²) in [6.07, 6.45) is 0. The number of hydrogen-bond acceptors (Lipinski definition) is 4. The number of anilines is 1. The van der Waals surface area contributed by atoms with Gasteiger partial charge >= 0.3 is 0 Å². The normalized spacial score (nSPS) is 14.7. The van der Waals surface area contributed by atoms with Crippen LogP contribution < -0.4 is 10.4 Å². The van der Waals surface area contributed by atoms with Gasteiger partial charge in [-0.15, -0.1) is 0 Å². The summed E-state index contributed by atoms with van der Waals surface area (Å²) < 4.78 is 1.60. The number of guanidine groups is 1. The van der Waals surface area contributed by atoms with Crippen LogP contribution in [0.25, 0.3) is 0 Å². The van der Waals surface area contributed by atoms with Gasteiger partial charge in [-0.1, -0.05) is 6.07 Å². The highest BCUT2D eigenvalue weighted by atomic mass is 79.9. The van der Waals surface area contributed by atoms with Crippen LogP contribution in [0.1, 0.15) is 0 Å². The van der Waals surface area contributed by atoms with E-state index in [0.29, 0.717) is 18.2 Å². The van der Waals surface area contributed by atoms with Crippen LogP contribution in [-0.2, 0) is 0 Å². The van der Waals surface area contributed by atoms with E-state index < -0.39 is 0 Å². The van der Waals surface area contributed by atoms with Crippen LogP contribution in [-0.4, -0.2) is 24.3 Å². The molecule has 0 atom stereocenters. The molecule has 0 aliphatic carbocycles. The molecule has 0 saturated heterocycles. The Hall–Kier alpha value is -0.590.